The normalized spacial score (nSPS) is 18.7. The number of amides is 2. The maximum absolute atomic E-state index is 12.0. The van der Waals surface area contributed by atoms with Crippen LogP contribution in [-0.2, 0) is 9.59 Å². The lowest BCUT2D eigenvalue weighted by Gasteiger charge is -2.28. The Labute approximate surface area is 122 Å². The fraction of sp³-hybridized carbons (Fsp3) is 0.429. The van der Waals surface area contributed by atoms with Gasteiger partial charge in [-0.25, -0.2) is 0 Å². The molecule has 2 unspecified atom stereocenters. The Hall–Kier alpha value is -1.69. The smallest absolute Gasteiger partial charge is 0.228 e. The van der Waals surface area contributed by atoms with Crippen molar-refractivity contribution in [3.63, 3.8) is 0 Å². The summed E-state index contributed by atoms with van der Waals surface area (Å²) in [4.78, 5) is 22.9. The average molecular weight is 294 g/mol. The Kier molecular flexibility index (Phi) is 4.89. The van der Waals surface area contributed by atoms with E-state index in [9.17, 15) is 9.59 Å². The molecule has 0 aliphatic carbocycles. The summed E-state index contributed by atoms with van der Waals surface area (Å²) in [7, 11) is 0. The first kappa shape index (κ1) is 14.7. The standard InChI is InChI=1S/C14H18N2O3S/c1-9(8-20-2)14(18)15-10-5-3-4-6-11(10)19-13-7-12(17)16-13/h3-6,9,13H,7-8H2,1-2H3,(H,15,18)(H,16,17). The summed E-state index contributed by atoms with van der Waals surface area (Å²) < 4.78 is 5.64. The second-order valence-electron chi connectivity index (χ2n) is 4.72. The van der Waals surface area contributed by atoms with Gasteiger partial charge >= 0.3 is 0 Å². The topological polar surface area (TPSA) is 67.4 Å². The van der Waals surface area contributed by atoms with E-state index in [2.05, 4.69) is 10.6 Å². The van der Waals surface area contributed by atoms with Gasteiger partial charge in [0.2, 0.25) is 11.8 Å². The molecule has 2 amide bonds. The number of β-lactam (4-membered cyclic amide) rings is 1. The Bertz CT molecular complexity index is 499. The van der Waals surface area contributed by atoms with Gasteiger partial charge in [0.25, 0.3) is 0 Å². The first-order chi connectivity index (χ1) is 9.60. The van der Waals surface area contributed by atoms with Crippen LogP contribution in [0.5, 0.6) is 5.75 Å². The van der Waals surface area contributed by atoms with E-state index < -0.39 is 0 Å². The molecule has 6 heteroatoms. The van der Waals surface area contributed by atoms with Gasteiger partial charge in [-0.1, -0.05) is 19.1 Å². The third kappa shape index (κ3) is 3.66. The molecule has 2 atom stereocenters. The zero-order valence-corrected chi connectivity index (χ0v) is 12.3. The Morgan fingerprint density at radius 2 is 2.25 bits per heavy atom. The van der Waals surface area contributed by atoms with Crippen LogP contribution < -0.4 is 15.4 Å². The van der Waals surface area contributed by atoms with Gasteiger partial charge in [-0.2, -0.15) is 11.8 Å². The molecular weight excluding hydrogens is 276 g/mol. The van der Waals surface area contributed by atoms with Crippen LogP contribution in [-0.4, -0.2) is 30.1 Å². The summed E-state index contributed by atoms with van der Waals surface area (Å²) in [5, 5.41) is 5.51. The van der Waals surface area contributed by atoms with Crippen molar-refractivity contribution >= 4 is 29.3 Å². The van der Waals surface area contributed by atoms with Gasteiger partial charge in [-0.15, -0.1) is 0 Å². The van der Waals surface area contributed by atoms with Crippen LogP contribution in [0.1, 0.15) is 13.3 Å². The lowest BCUT2D eigenvalue weighted by molar-refractivity contribution is -0.134. The minimum atomic E-state index is -0.302. The average Bonchev–Trinajstić information content (AvgIpc) is 2.39. The molecule has 1 heterocycles. The van der Waals surface area contributed by atoms with Gasteiger partial charge in [-0.05, 0) is 18.4 Å². The van der Waals surface area contributed by atoms with E-state index in [1.165, 1.54) is 0 Å². The van der Waals surface area contributed by atoms with Crippen molar-refractivity contribution in [2.45, 2.75) is 19.6 Å². The number of nitrogens with one attached hydrogen (secondary N) is 2. The third-order valence-corrected chi connectivity index (χ3v) is 3.80. The van der Waals surface area contributed by atoms with Crippen LogP contribution in [0.25, 0.3) is 0 Å². The van der Waals surface area contributed by atoms with Gasteiger partial charge in [0.1, 0.15) is 5.75 Å². The summed E-state index contributed by atoms with van der Waals surface area (Å²) in [6, 6.07) is 7.23. The first-order valence-electron chi connectivity index (χ1n) is 6.45. The van der Waals surface area contributed by atoms with Crippen molar-refractivity contribution in [2.75, 3.05) is 17.3 Å². The summed E-state index contributed by atoms with van der Waals surface area (Å²) in [5.74, 6) is 1.22. The number of hydrogen-bond donors (Lipinski definition) is 2. The predicted octanol–water partition coefficient (Wildman–Crippen LogP) is 1.85. The highest BCUT2D eigenvalue weighted by molar-refractivity contribution is 7.98. The highest BCUT2D eigenvalue weighted by atomic mass is 32.2. The lowest BCUT2D eigenvalue weighted by Crippen LogP contribution is -2.51. The molecular formula is C14H18N2O3S. The number of para-hydroxylation sites is 2. The Morgan fingerprint density at radius 1 is 1.55 bits per heavy atom. The summed E-state index contributed by atoms with van der Waals surface area (Å²) in [6.45, 7) is 1.89. The minimum absolute atomic E-state index is 0.0230. The molecule has 20 heavy (non-hydrogen) atoms. The molecule has 1 aliphatic rings. The van der Waals surface area contributed by atoms with E-state index in [1.807, 2.05) is 25.3 Å². The number of benzene rings is 1. The molecule has 0 spiro atoms. The van der Waals surface area contributed by atoms with Gasteiger partial charge in [0.15, 0.2) is 6.23 Å². The van der Waals surface area contributed by atoms with Crippen molar-refractivity contribution in [1.29, 1.82) is 0 Å². The van der Waals surface area contributed by atoms with E-state index in [1.54, 1.807) is 23.9 Å². The Balaban J connectivity index is 2.00. The second kappa shape index (κ2) is 6.65. The summed E-state index contributed by atoms with van der Waals surface area (Å²) in [5.41, 5.74) is 0.631. The molecule has 0 saturated carbocycles. The van der Waals surface area contributed by atoms with Crippen molar-refractivity contribution < 1.29 is 14.3 Å². The largest absolute Gasteiger partial charge is 0.468 e. The number of anilines is 1. The molecule has 1 fully saturated rings. The zero-order valence-electron chi connectivity index (χ0n) is 11.5. The van der Waals surface area contributed by atoms with Crippen LogP contribution >= 0.6 is 11.8 Å². The minimum Gasteiger partial charge on any atom is -0.468 e. The SMILES string of the molecule is CSCC(C)C(=O)Nc1ccccc1OC1CC(=O)N1. The number of ether oxygens (including phenoxy) is 1. The molecule has 1 aromatic rings. The molecule has 0 aromatic heterocycles. The number of carbonyl (C=O) groups excluding carboxylic acids is 2. The predicted molar refractivity (Wildman–Crippen MR) is 79.8 cm³/mol. The van der Waals surface area contributed by atoms with Gasteiger partial charge in [0.05, 0.1) is 12.1 Å². The maximum atomic E-state index is 12.0. The van der Waals surface area contributed by atoms with Crippen molar-refractivity contribution in [1.82, 2.24) is 5.32 Å². The Morgan fingerprint density at radius 3 is 2.90 bits per heavy atom. The van der Waals surface area contributed by atoms with Crippen molar-refractivity contribution in [2.24, 2.45) is 5.92 Å². The van der Waals surface area contributed by atoms with Crippen LogP contribution in [0.3, 0.4) is 0 Å². The molecule has 5 nitrogen and oxygen atoms in total. The van der Waals surface area contributed by atoms with E-state index in [0.717, 1.165) is 5.75 Å². The van der Waals surface area contributed by atoms with E-state index in [0.29, 0.717) is 17.9 Å². The maximum Gasteiger partial charge on any atom is 0.228 e. The van der Waals surface area contributed by atoms with Gasteiger partial charge < -0.3 is 15.4 Å². The second-order valence-corrected chi connectivity index (χ2v) is 5.63. The lowest BCUT2D eigenvalue weighted by atomic mass is 10.2. The molecule has 2 N–H and O–H groups in total. The van der Waals surface area contributed by atoms with E-state index >= 15 is 0 Å². The molecule has 1 aromatic carbocycles. The highest BCUT2D eigenvalue weighted by Crippen LogP contribution is 2.26. The quantitative estimate of drug-likeness (QED) is 0.786. The molecule has 0 radical (unpaired) electrons. The van der Waals surface area contributed by atoms with Crippen LogP contribution in [0, 0.1) is 5.92 Å². The summed E-state index contributed by atoms with van der Waals surface area (Å²) in [6.07, 6.45) is 2.02. The molecule has 1 saturated heterocycles. The number of carbonyl (C=O) groups is 2. The monoisotopic (exact) mass is 294 g/mol. The van der Waals surface area contributed by atoms with E-state index in [-0.39, 0.29) is 24.0 Å². The van der Waals surface area contributed by atoms with Gasteiger partial charge in [-0.3, -0.25) is 9.59 Å². The zero-order chi connectivity index (χ0) is 14.5. The van der Waals surface area contributed by atoms with Crippen LogP contribution in [0.2, 0.25) is 0 Å². The molecule has 0 bridgehead atoms. The number of hydrogen-bond acceptors (Lipinski definition) is 4. The van der Waals surface area contributed by atoms with Crippen molar-refractivity contribution in [3.8, 4) is 5.75 Å². The van der Waals surface area contributed by atoms with Gasteiger partial charge in [0, 0.05) is 11.7 Å². The fourth-order valence-electron chi connectivity index (χ4n) is 1.81. The molecule has 108 valence electrons. The molecule has 1 aliphatic heterocycles. The molecule has 2 rings (SSSR count). The van der Waals surface area contributed by atoms with Crippen molar-refractivity contribution in [3.05, 3.63) is 24.3 Å². The first-order valence-corrected chi connectivity index (χ1v) is 7.84. The van der Waals surface area contributed by atoms with Crippen LogP contribution in [0.15, 0.2) is 24.3 Å². The van der Waals surface area contributed by atoms with Crippen LogP contribution in [0.4, 0.5) is 5.69 Å². The fourth-order valence-corrected chi connectivity index (χ4v) is 2.46. The number of rotatable bonds is 6. The van der Waals surface area contributed by atoms with E-state index in [4.69, 9.17) is 4.74 Å². The summed E-state index contributed by atoms with van der Waals surface area (Å²) >= 11 is 1.64. The third-order valence-electron chi connectivity index (χ3n) is 2.97. The number of thioether (sulfide) groups is 1. The highest BCUT2D eigenvalue weighted by Gasteiger charge is 2.27.